The summed E-state index contributed by atoms with van der Waals surface area (Å²) in [5.41, 5.74) is 3.02. The summed E-state index contributed by atoms with van der Waals surface area (Å²) in [4.78, 5) is 34.5. The average molecular weight is 465 g/mol. The van der Waals surface area contributed by atoms with E-state index in [4.69, 9.17) is 0 Å². The van der Waals surface area contributed by atoms with E-state index in [2.05, 4.69) is 9.88 Å². The Morgan fingerprint density at radius 2 is 1.79 bits per heavy atom. The zero-order chi connectivity index (χ0) is 24.6. The van der Waals surface area contributed by atoms with Crippen molar-refractivity contribution in [2.45, 2.75) is 33.7 Å². The fourth-order valence-electron chi connectivity index (χ4n) is 4.57. The number of rotatable bonds is 7. The van der Waals surface area contributed by atoms with Gasteiger partial charge in [0.15, 0.2) is 5.76 Å². The molecule has 178 valence electrons. The van der Waals surface area contributed by atoms with Crippen LogP contribution in [0, 0.1) is 19.7 Å². The quantitative estimate of drug-likeness (QED) is 0.326. The first-order valence-electron chi connectivity index (χ1n) is 11.5. The molecule has 1 aliphatic rings. The zero-order valence-corrected chi connectivity index (χ0v) is 19.9. The van der Waals surface area contributed by atoms with Crippen LogP contribution in [0.1, 0.15) is 42.4 Å². The summed E-state index contributed by atoms with van der Waals surface area (Å²) in [5.74, 6) is -2.19. The Kier molecular flexibility index (Phi) is 6.52. The number of Topliss-reactive ketones (excluding diaryl/α,β-unsaturated/α-hetero) is 1. The molecule has 1 N–H and O–H groups in total. The van der Waals surface area contributed by atoms with Gasteiger partial charge in [-0.05, 0) is 56.3 Å². The van der Waals surface area contributed by atoms with Gasteiger partial charge in [0.2, 0.25) is 0 Å². The molecule has 0 radical (unpaired) electrons. The van der Waals surface area contributed by atoms with Crippen LogP contribution < -0.4 is 0 Å². The molecule has 0 aliphatic carbocycles. The van der Waals surface area contributed by atoms with E-state index in [0.29, 0.717) is 30.0 Å². The highest BCUT2D eigenvalue weighted by atomic mass is 19.1. The standard InChI is InChI=1S/C26H29FN4O3/c1-5-29(6-2)14-15-31-22(18-9-11-19(27)12-10-18)20(24(33)26(31)34)23(32)21-17(4)30-13-7-8-16(3)25(30)28-21/h7-13,22,32H,5-6,14-15H2,1-4H3/b23-20+. The number of hydrogen-bond acceptors (Lipinski definition) is 5. The lowest BCUT2D eigenvalue weighted by Gasteiger charge is -2.28. The normalized spacial score (nSPS) is 17.9. The first-order chi connectivity index (χ1) is 16.3. The summed E-state index contributed by atoms with van der Waals surface area (Å²) in [6.45, 7) is 10.3. The number of nitrogens with zero attached hydrogens (tertiary/aromatic N) is 4. The first-order valence-corrected chi connectivity index (χ1v) is 11.5. The molecular formula is C26H29FN4O3. The van der Waals surface area contributed by atoms with Gasteiger partial charge in [-0.1, -0.05) is 32.0 Å². The smallest absolute Gasteiger partial charge is 0.295 e. The van der Waals surface area contributed by atoms with Crippen molar-refractivity contribution in [2.24, 2.45) is 0 Å². The van der Waals surface area contributed by atoms with Crippen LogP contribution in [0.3, 0.4) is 0 Å². The lowest BCUT2D eigenvalue weighted by atomic mass is 9.96. The van der Waals surface area contributed by atoms with Crippen molar-refractivity contribution in [2.75, 3.05) is 26.2 Å². The summed E-state index contributed by atoms with van der Waals surface area (Å²) in [5, 5.41) is 11.4. The van der Waals surface area contributed by atoms with E-state index in [1.54, 1.807) is 19.1 Å². The maximum atomic E-state index is 13.7. The third-order valence-corrected chi connectivity index (χ3v) is 6.59. The van der Waals surface area contributed by atoms with Gasteiger partial charge < -0.3 is 19.3 Å². The van der Waals surface area contributed by atoms with E-state index in [1.165, 1.54) is 17.0 Å². The maximum Gasteiger partial charge on any atom is 0.295 e. The van der Waals surface area contributed by atoms with Gasteiger partial charge >= 0.3 is 0 Å². The van der Waals surface area contributed by atoms with E-state index in [9.17, 15) is 19.1 Å². The second kappa shape index (κ2) is 9.38. The number of halogens is 1. The van der Waals surface area contributed by atoms with Crippen LogP contribution in [0.5, 0.6) is 0 Å². The number of benzene rings is 1. The topological polar surface area (TPSA) is 78.2 Å². The van der Waals surface area contributed by atoms with Crippen LogP contribution in [-0.2, 0) is 9.59 Å². The molecule has 1 atom stereocenters. The molecule has 1 aromatic carbocycles. The van der Waals surface area contributed by atoms with E-state index in [0.717, 1.165) is 18.7 Å². The Morgan fingerprint density at radius 1 is 1.12 bits per heavy atom. The fraction of sp³-hybridized carbons (Fsp3) is 0.346. The molecule has 3 aromatic rings. The van der Waals surface area contributed by atoms with Crippen molar-refractivity contribution in [3.8, 4) is 0 Å². The molecule has 1 fully saturated rings. The maximum absolute atomic E-state index is 13.7. The monoisotopic (exact) mass is 464 g/mol. The van der Waals surface area contributed by atoms with E-state index in [-0.39, 0.29) is 17.0 Å². The summed E-state index contributed by atoms with van der Waals surface area (Å²) in [6.07, 6.45) is 1.83. The number of hydrogen-bond donors (Lipinski definition) is 1. The molecule has 0 bridgehead atoms. The average Bonchev–Trinajstić information content (AvgIpc) is 3.30. The SMILES string of the molecule is CCN(CC)CCN1C(=O)C(=O)/C(=C(/O)c2nc3c(C)cccn3c2C)C1c1ccc(F)cc1. The largest absolute Gasteiger partial charge is 0.505 e. The second-order valence-corrected chi connectivity index (χ2v) is 8.50. The number of fused-ring (bicyclic) bond motifs is 1. The molecule has 1 amide bonds. The third-order valence-electron chi connectivity index (χ3n) is 6.59. The van der Waals surface area contributed by atoms with Crippen LogP contribution in [0.25, 0.3) is 11.4 Å². The molecule has 1 saturated heterocycles. The highest BCUT2D eigenvalue weighted by Crippen LogP contribution is 2.39. The first kappa shape index (κ1) is 23.6. The molecule has 34 heavy (non-hydrogen) atoms. The summed E-state index contributed by atoms with van der Waals surface area (Å²) in [7, 11) is 0. The zero-order valence-electron chi connectivity index (χ0n) is 19.9. The molecule has 7 nitrogen and oxygen atoms in total. The lowest BCUT2D eigenvalue weighted by Crippen LogP contribution is -2.38. The highest BCUT2D eigenvalue weighted by Gasteiger charge is 2.46. The molecule has 4 rings (SSSR count). The summed E-state index contributed by atoms with van der Waals surface area (Å²) >= 11 is 0. The Hall–Kier alpha value is -3.52. The molecule has 0 saturated carbocycles. The Bertz CT molecular complexity index is 1280. The van der Waals surface area contributed by atoms with Gasteiger partial charge in [0.05, 0.1) is 17.3 Å². The van der Waals surface area contributed by atoms with Crippen molar-refractivity contribution >= 4 is 23.1 Å². The second-order valence-electron chi connectivity index (χ2n) is 8.50. The van der Waals surface area contributed by atoms with Crippen molar-refractivity contribution in [3.63, 3.8) is 0 Å². The van der Waals surface area contributed by atoms with Crippen molar-refractivity contribution < 1.29 is 19.1 Å². The van der Waals surface area contributed by atoms with E-state index < -0.39 is 23.5 Å². The number of carbonyl (C=O) groups is 2. The molecular weight excluding hydrogens is 435 g/mol. The Balaban J connectivity index is 1.87. The summed E-state index contributed by atoms with van der Waals surface area (Å²) in [6, 6.07) is 8.64. The molecule has 0 spiro atoms. The number of likely N-dealkylation sites (tertiary alicyclic amines) is 1. The molecule has 1 aliphatic heterocycles. The number of aromatic nitrogens is 2. The minimum Gasteiger partial charge on any atom is -0.505 e. The predicted molar refractivity (Wildman–Crippen MR) is 128 cm³/mol. The number of imidazole rings is 1. The number of aliphatic hydroxyl groups is 1. The molecule has 2 aromatic heterocycles. The van der Waals surface area contributed by atoms with Crippen molar-refractivity contribution in [1.29, 1.82) is 0 Å². The lowest BCUT2D eigenvalue weighted by molar-refractivity contribution is -0.140. The number of amides is 1. The van der Waals surface area contributed by atoms with Gasteiger partial charge in [0.1, 0.15) is 17.2 Å². The van der Waals surface area contributed by atoms with Crippen LogP contribution in [0.15, 0.2) is 48.2 Å². The van der Waals surface area contributed by atoms with Crippen molar-refractivity contribution in [3.05, 3.63) is 76.5 Å². The third kappa shape index (κ3) is 3.98. The fourth-order valence-corrected chi connectivity index (χ4v) is 4.57. The van der Waals surface area contributed by atoms with Gasteiger partial charge in [0, 0.05) is 19.3 Å². The summed E-state index contributed by atoms with van der Waals surface area (Å²) < 4.78 is 15.5. The highest BCUT2D eigenvalue weighted by molar-refractivity contribution is 6.46. The molecule has 8 heteroatoms. The van der Waals surface area contributed by atoms with Crippen molar-refractivity contribution in [1.82, 2.24) is 19.2 Å². The number of ketones is 1. The van der Waals surface area contributed by atoms with Gasteiger partial charge in [-0.3, -0.25) is 9.59 Å². The van der Waals surface area contributed by atoms with Gasteiger partial charge in [0.25, 0.3) is 11.7 Å². The Labute approximate surface area is 198 Å². The molecule has 3 heterocycles. The molecule has 1 unspecified atom stereocenters. The van der Waals surface area contributed by atoms with Crippen LogP contribution in [0.2, 0.25) is 0 Å². The minimum atomic E-state index is -0.832. The van der Waals surface area contributed by atoms with E-state index in [1.807, 2.05) is 43.5 Å². The van der Waals surface area contributed by atoms with Crippen LogP contribution in [0.4, 0.5) is 4.39 Å². The number of pyridine rings is 1. The minimum absolute atomic E-state index is 0.0275. The van der Waals surface area contributed by atoms with Crippen LogP contribution >= 0.6 is 0 Å². The Morgan fingerprint density at radius 3 is 2.41 bits per heavy atom. The van der Waals surface area contributed by atoms with Gasteiger partial charge in [-0.15, -0.1) is 0 Å². The van der Waals surface area contributed by atoms with Crippen LogP contribution in [-0.4, -0.2) is 62.2 Å². The number of carbonyl (C=O) groups excluding carboxylic acids is 2. The number of aliphatic hydroxyl groups excluding tert-OH is 1. The van der Waals surface area contributed by atoms with E-state index >= 15 is 0 Å². The predicted octanol–water partition coefficient (Wildman–Crippen LogP) is 3.85. The van der Waals surface area contributed by atoms with Gasteiger partial charge in [-0.2, -0.15) is 0 Å². The number of aryl methyl sites for hydroxylation is 2. The van der Waals surface area contributed by atoms with Gasteiger partial charge in [-0.25, -0.2) is 9.37 Å². The number of likely N-dealkylation sites (N-methyl/N-ethyl adjacent to an activating group) is 1.